The minimum atomic E-state index is -3.43. The molecule has 0 saturated heterocycles. The third kappa shape index (κ3) is 3.71. The lowest BCUT2D eigenvalue weighted by Gasteiger charge is -2.21. The number of sulfonamides is 1. The second-order valence-corrected chi connectivity index (χ2v) is 7.77. The maximum atomic E-state index is 12.2. The number of carbonyl (C=O) groups excluding carboxylic acids is 1. The standard InChI is InChI=1S/C15H22N2O4S/c1-10(2)16-15(18)14-7-8-17(22(4,19)20)12-9-11(3)5-6-13(12)21-14/h5-6,9-10,14H,7-8H2,1-4H3,(H,16,18). The Morgan fingerprint density at radius 1 is 1.41 bits per heavy atom. The number of aryl methyl sites for hydroxylation is 1. The molecule has 122 valence electrons. The number of anilines is 1. The first-order chi connectivity index (χ1) is 10.2. The van der Waals surface area contributed by atoms with Crippen LogP contribution >= 0.6 is 0 Å². The van der Waals surface area contributed by atoms with Gasteiger partial charge >= 0.3 is 0 Å². The highest BCUT2D eigenvalue weighted by Crippen LogP contribution is 2.34. The van der Waals surface area contributed by atoms with Crippen LogP contribution in [-0.4, -0.2) is 39.3 Å². The number of amides is 1. The largest absolute Gasteiger partial charge is 0.478 e. The summed E-state index contributed by atoms with van der Waals surface area (Å²) in [4.78, 5) is 12.2. The van der Waals surface area contributed by atoms with Gasteiger partial charge in [-0.05, 0) is 38.5 Å². The zero-order valence-corrected chi connectivity index (χ0v) is 14.1. The number of nitrogens with one attached hydrogen (secondary N) is 1. The monoisotopic (exact) mass is 326 g/mol. The number of nitrogens with zero attached hydrogens (tertiary/aromatic N) is 1. The highest BCUT2D eigenvalue weighted by Gasteiger charge is 2.31. The lowest BCUT2D eigenvalue weighted by atomic mass is 10.2. The van der Waals surface area contributed by atoms with Crippen molar-refractivity contribution in [2.24, 2.45) is 0 Å². The second kappa shape index (κ2) is 6.16. The Morgan fingerprint density at radius 3 is 2.68 bits per heavy atom. The first-order valence-electron chi connectivity index (χ1n) is 7.24. The molecule has 0 saturated carbocycles. The summed E-state index contributed by atoms with van der Waals surface area (Å²) in [6.07, 6.45) is 0.767. The lowest BCUT2D eigenvalue weighted by molar-refractivity contribution is -0.128. The third-order valence-corrected chi connectivity index (χ3v) is 4.55. The molecule has 1 aromatic rings. The number of hydrogen-bond acceptors (Lipinski definition) is 4. The Kier molecular flexibility index (Phi) is 4.65. The fourth-order valence-corrected chi connectivity index (χ4v) is 3.33. The van der Waals surface area contributed by atoms with Crippen LogP contribution in [0.15, 0.2) is 18.2 Å². The summed E-state index contributed by atoms with van der Waals surface area (Å²) < 4.78 is 31.2. The van der Waals surface area contributed by atoms with Crippen molar-refractivity contribution in [3.05, 3.63) is 23.8 Å². The van der Waals surface area contributed by atoms with Crippen molar-refractivity contribution < 1.29 is 17.9 Å². The van der Waals surface area contributed by atoms with Crippen molar-refractivity contribution in [1.82, 2.24) is 5.32 Å². The minimum absolute atomic E-state index is 0.00264. The van der Waals surface area contributed by atoms with Gasteiger partial charge in [0.15, 0.2) is 6.10 Å². The van der Waals surface area contributed by atoms with Gasteiger partial charge in [-0.3, -0.25) is 9.10 Å². The summed E-state index contributed by atoms with van der Waals surface area (Å²) in [5.41, 5.74) is 1.42. The molecule has 1 aromatic carbocycles. The summed E-state index contributed by atoms with van der Waals surface area (Å²) >= 11 is 0. The van der Waals surface area contributed by atoms with Crippen LogP contribution in [0.2, 0.25) is 0 Å². The van der Waals surface area contributed by atoms with E-state index in [9.17, 15) is 13.2 Å². The predicted octanol–water partition coefficient (Wildman–Crippen LogP) is 1.44. The molecule has 0 fully saturated rings. The topological polar surface area (TPSA) is 75.7 Å². The summed E-state index contributed by atoms with van der Waals surface area (Å²) in [5, 5.41) is 2.80. The van der Waals surface area contributed by atoms with Gasteiger partial charge in [0.05, 0.1) is 11.9 Å². The van der Waals surface area contributed by atoms with Crippen LogP contribution in [0.5, 0.6) is 5.75 Å². The average molecular weight is 326 g/mol. The van der Waals surface area contributed by atoms with Crippen molar-refractivity contribution in [1.29, 1.82) is 0 Å². The number of ether oxygens (including phenoxy) is 1. The van der Waals surface area contributed by atoms with E-state index in [4.69, 9.17) is 4.74 Å². The lowest BCUT2D eigenvalue weighted by Crippen LogP contribution is -2.42. The SMILES string of the molecule is Cc1ccc2c(c1)N(S(C)(=O)=O)CCC(C(=O)NC(C)C)O2. The summed E-state index contributed by atoms with van der Waals surface area (Å²) in [6.45, 7) is 5.84. The highest BCUT2D eigenvalue weighted by molar-refractivity contribution is 7.92. The molecular weight excluding hydrogens is 304 g/mol. The van der Waals surface area contributed by atoms with Gasteiger partial charge in [0.2, 0.25) is 10.0 Å². The van der Waals surface area contributed by atoms with Crippen LogP contribution in [0.3, 0.4) is 0 Å². The van der Waals surface area contributed by atoms with Gasteiger partial charge in [0, 0.05) is 19.0 Å². The van der Waals surface area contributed by atoms with E-state index in [1.807, 2.05) is 26.8 Å². The molecular formula is C15H22N2O4S. The van der Waals surface area contributed by atoms with Crippen LogP contribution in [0.4, 0.5) is 5.69 Å². The predicted molar refractivity (Wildman–Crippen MR) is 85.7 cm³/mol. The van der Waals surface area contributed by atoms with E-state index in [2.05, 4.69) is 5.32 Å². The smallest absolute Gasteiger partial charge is 0.261 e. The van der Waals surface area contributed by atoms with E-state index >= 15 is 0 Å². The Labute approximate surface area is 131 Å². The zero-order chi connectivity index (χ0) is 16.5. The van der Waals surface area contributed by atoms with Crippen LogP contribution in [0.25, 0.3) is 0 Å². The molecule has 0 aromatic heterocycles. The fraction of sp³-hybridized carbons (Fsp3) is 0.533. The molecule has 1 aliphatic rings. The van der Waals surface area contributed by atoms with E-state index in [1.54, 1.807) is 12.1 Å². The Balaban J connectivity index is 2.38. The molecule has 0 spiro atoms. The normalized spacial score (nSPS) is 18.4. The van der Waals surface area contributed by atoms with E-state index in [1.165, 1.54) is 4.31 Å². The number of hydrogen-bond donors (Lipinski definition) is 1. The summed E-state index contributed by atoms with van der Waals surface area (Å²) in [7, 11) is -3.43. The molecule has 2 rings (SSSR count). The molecule has 1 amide bonds. The van der Waals surface area contributed by atoms with Crippen molar-refractivity contribution in [2.45, 2.75) is 39.3 Å². The van der Waals surface area contributed by atoms with Gasteiger partial charge in [0.25, 0.3) is 5.91 Å². The number of carbonyl (C=O) groups is 1. The van der Waals surface area contributed by atoms with Crippen LogP contribution in [-0.2, 0) is 14.8 Å². The fourth-order valence-electron chi connectivity index (χ4n) is 2.40. The molecule has 1 atom stereocenters. The summed E-state index contributed by atoms with van der Waals surface area (Å²) in [5.74, 6) is 0.189. The van der Waals surface area contributed by atoms with Gasteiger partial charge in [-0.15, -0.1) is 0 Å². The molecule has 1 heterocycles. The second-order valence-electron chi connectivity index (χ2n) is 5.86. The van der Waals surface area contributed by atoms with Crippen LogP contribution < -0.4 is 14.4 Å². The molecule has 7 heteroatoms. The van der Waals surface area contributed by atoms with Gasteiger partial charge in [-0.25, -0.2) is 8.42 Å². The highest BCUT2D eigenvalue weighted by atomic mass is 32.2. The van der Waals surface area contributed by atoms with E-state index in [0.29, 0.717) is 17.9 Å². The maximum absolute atomic E-state index is 12.2. The molecule has 0 aliphatic carbocycles. The number of fused-ring (bicyclic) bond motifs is 1. The molecule has 1 N–H and O–H groups in total. The third-order valence-electron chi connectivity index (χ3n) is 3.37. The average Bonchev–Trinajstić information content (AvgIpc) is 2.56. The van der Waals surface area contributed by atoms with Gasteiger partial charge < -0.3 is 10.1 Å². The molecule has 22 heavy (non-hydrogen) atoms. The first kappa shape index (κ1) is 16.6. The maximum Gasteiger partial charge on any atom is 0.261 e. The van der Waals surface area contributed by atoms with Gasteiger partial charge in [-0.1, -0.05) is 6.07 Å². The van der Waals surface area contributed by atoms with Gasteiger partial charge in [0.1, 0.15) is 5.75 Å². The molecule has 1 unspecified atom stereocenters. The Morgan fingerprint density at radius 2 is 2.09 bits per heavy atom. The molecule has 0 radical (unpaired) electrons. The van der Waals surface area contributed by atoms with Crippen LogP contribution in [0, 0.1) is 6.92 Å². The molecule has 1 aliphatic heterocycles. The van der Waals surface area contributed by atoms with Crippen molar-refractivity contribution in [3.8, 4) is 5.75 Å². The number of rotatable bonds is 3. The minimum Gasteiger partial charge on any atom is -0.478 e. The molecule has 6 nitrogen and oxygen atoms in total. The van der Waals surface area contributed by atoms with Crippen molar-refractivity contribution in [2.75, 3.05) is 17.1 Å². The van der Waals surface area contributed by atoms with Crippen molar-refractivity contribution >= 4 is 21.6 Å². The Hall–Kier alpha value is -1.76. The zero-order valence-electron chi connectivity index (χ0n) is 13.3. The number of benzene rings is 1. The Bertz CT molecular complexity index is 670. The van der Waals surface area contributed by atoms with Gasteiger partial charge in [-0.2, -0.15) is 0 Å². The molecule has 0 bridgehead atoms. The quantitative estimate of drug-likeness (QED) is 0.912. The van der Waals surface area contributed by atoms with E-state index in [0.717, 1.165) is 11.8 Å². The van der Waals surface area contributed by atoms with E-state index in [-0.39, 0.29) is 18.5 Å². The summed E-state index contributed by atoms with van der Waals surface area (Å²) in [6, 6.07) is 5.31. The van der Waals surface area contributed by atoms with Crippen LogP contribution in [0.1, 0.15) is 25.8 Å². The van der Waals surface area contributed by atoms with Crippen molar-refractivity contribution in [3.63, 3.8) is 0 Å². The first-order valence-corrected chi connectivity index (χ1v) is 9.08. The van der Waals surface area contributed by atoms with E-state index < -0.39 is 16.1 Å².